The fourth-order valence-electron chi connectivity index (χ4n) is 2.61. The van der Waals surface area contributed by atoms with Crippen LogP contribution in [0.1, 0.15) is 23.7 Å². The number of halogens is 3. The van der Waals surface area contributed by atoms with Crippen molar-refractivity contribution in [3.8, 4) is 5.75 Å². The first-order valence-corrected chi connectivity index (χ1v) is 9.27. The zero-order valence-electron chi connectivity index (χ0n) is 16.5. The van der Waals surface area contributed by atoms with Gasteiger partial charge < -0.3 is 24.8 Å². The molecule has 0 saturated carbocycles. The molecule has 0 spiro atoms. The highest BCUT2D eigenvalue weighted by atomic mass is 19.4. The van der Waals surface area contributed by atoms with E-state index in [9.17, 15) is 32.3 Å². The summed E-state index contributed by atoms with van der Waals surface area (Å²) in [7, 11) is 0. The molecule has 1 saturated heterocycles. The Bertz CT molecular complexity index is 806. The van der Waals surface area contributed by atoms with Crippen LogP contribution in [0.25, 0.3) is 0 Å². The molecule has 1 amide bonds. The molecule has 0 aromatic heterocycles. The number of amides is 1. The van der Waals surface area contributed by atoms with Crippen molar-refractivity contribution in [1.29, 1.82) is 0 Å². The van der Waals surface area contributed by atoms with Gasteiger partial charge in [-0.2, -0.15) is 13.2 Å². The van der Waals surface area contributed by atoms with Gasteiger partial charge in [0.25, 0.3) is 0 Å². The molecule has 2 N–H and O–H groups in total. The third kappa shape index (κ3) is 7.98. The second-order valence-corrected chi connectivity index (χ2v) is 6.65. The maximum atomic E-state index is 12.4. The lowest BCUT2D eigenvalue weighted by atomic mass is 10.1. The average molecular weight is 446 g/mol. The molecule has 0 bridgehead atoms. The van der Waals surface area contributed by atoms with Crippen molar-refractivity contribution >= 4 is 23.6 Å². The van der Waals surface area contributed by atoms with E-state index < -0.39 is 42.5 Å². The van der Waals surface area contributed by atoms with Gasteiger partial charge in [0.15, 0.2) is 12.4 Å². The number of ether oxygens (including phenoxy) is 3. The summed E-state index contributed by atoms with van der Waals surface area (Å²) in [4.78, 5) is 46.1. The Morgan fingerprint density at radius 1 is 1.16 bits per heavy atom. The molecule has 2 atom stereocenters. The number of carbonyl (C=O) groups is 4. The Morgan fingerprint density at radius 3 is 2.42 bits per heavy atom. The molecule has 1 aromatic rings. The van der Waals surface area contributed by atoms with E-state index in [1.165, 1.54) is 31.2 Å². The summed E-state index contributed by atoms with van der Waals surface area (Å²) in [6, 6.07) is 4.49. The van der Waals surface area contributed by atoms with Gasteiger partial charge in [0.2, 0.25) is 5.91 Å². The van der Waals surface area contributed by atoms with Crippen molar-refractivity contribution in [3.63, 3.8) is 0 Å². The van der Waals surface area contributed by atoms with Gasteiger partial charge in [-0.25, -0.2) is 9.59 Å². The molecule has 1 aliphatic heterocycles. The first-order valence-electron chi connectivity index (χ1n) is 9.27. The third-order valence-corrected chi connectivity index (χ3v) is 4.17. The van der Waals surface area contributed by atoms with Gasteiger partial charge in [0.05, 0.1) is 12.1 Å². The van der Waals surface area contributed by atoms with Gasteiger partial charge >= 0.3 is 18.1 Å². The van der Waals surface area contributed by atoms with Crippen LogP contribution >= 0.6 is 0 Å². The molecule has 1 aromatic carbocycles. The second kappa shape index (κ2) is 10.9. The number of rotatable bonds is 9. The average Bonchev–Trinajstić information content (AvgIpc) is 3.23. The summed E-state index contributed by atoms with van der Waals surface area (Å²) in [5.41, 5.74) is 0.232. The van der Waals surface area contributed by atoms with E-state index in [0.717, 1.165) is 13.0 Å². The van der Waals surface area contributed by atoms with Crippen LogP contribution in [0.4, 0.5) is 13.2 Å². The van der Waals surface area contributed by atoms with Crippen molar-refractivity contribution < 1.29 is 46.6 Å². The molecule has 1 heterocycles. The van der Waals surface area contributed by atoms with Gasteiger partial charge in [-0.15, -0.1) is 0 Å². The SMILES string of the molecule is C[C@H](NC(=O)CO[C@@H]1CCNC1)C(=O)c1ccc(OCC(=O)OC(=O)C(F)(F)F)cc1. The maximum absolute atomic E-state index is 12.4. The van der Waals surface area contributed by atoms with Crippen molar-refractivity contribution in [2.24, 2.45) is 0 Å². The number of alkyl halides is 3. The summed E-state index contributed by atoms with van der Waals surface area (Å²) in [5, 5.41) is 5.64. The molecule has 31 heavy (non-hydrogen) atoms. The third-order valence-electron chi connectivity index (χ3n) is 4.17. The summed E-state index contributed by atoms with van der Waals surface area (Å²) < 4.78 is 50.0. The Labute approximate surface area is 175 Å². The lowest BCUT2D eigenvalue weighted by molar-refractivity contribution is -0.202. The number of ketones is 1. The number of hydrogen-bond acceptors (Lipinski definition) is 8. The molecule has 0 aliphatic carbocycles. The fourth-order valence-corrected chi connectivity index (χ4v) is 2.61. The zero-order valence-corrected chi connectivity index (χ0v) is 16.5. The molecule has 1 fully saturated rings. The molecule has 2 rings (SSSR count). The first-order chi connectivity index (χ1) is 14.6. The Balaban J connectivity index is 1.77. The van der Waals surface area contributed by atoms with Gasteiger partial charge in [-0.05, 0) is 44.2 Å². The fraction of sp³-hybridized carbons (Fsp3) is 0.474. The Hall–Kier alpha value is -2.99. The van der Waals surface area contributed by atoms with Crippen LogP contribution in [0.5, 0.6) is 5.75 Å². The van der Waals surface area contributed by atoms with E-state index in [1.54, 1.807) is 0 Å². The van der Waals surface area contributed by atoms with Crippen molar-refractivity contribution in [1.82, 2.24) is 10.6 Å². The van der Waals surface area contributed by atoms with Crippen LogP contribution in [-0.4, -0.2) is 68.3 Å². The number of carbonyl (C=O) groups excluding carboxylic acids is 4. The molecular weight excluding hydrogens is 425 g/mol. The van der Waals surface area contributed by atoms with Gasteiger partial charge in [-0.1, -0.05) is 0 Å². The summed E-state index contributed by atoms with van der Waals surface area (Å²) >= 11 is 0. The predicted octanol–water partition coefficient (Wildman–Crippen LogP) is 0.763. The van der Waals surface area contributed by atoms with E-state index in [0.29, 0.717) is 6.54 Å². The van der Waals surface area contributed by atoms with Crippen LogP contribution in [0.3, 0.4) is 0 Å². The van der Waals surface area contributed by atoms with Crippen LogP contribution in [0.15, 0.2) is 24.3 Å². The lowest BCUT2D eigenvalue weighted by Gasteiger charge is -2.15. The van der Waals surface area contributed by atoms with Crippen molar-refractivity contribution in [2.75, 3.05) is 26.3 Å². The number of Topliss-reactive ketones (excluding diaryl/α,β-unsaturated/α-hetero) is 1. The van der Waals surface area contributed by atoms with Crippen LogP contribution in [0, 0.1) is 0 Å². The molecule has 1 aliphatic rings. The van der Waals surface area contributed by atoms with Gasteiger partial charge in [0.1, 0.15) is 12.4 Å². The Kier molecular flexibility index (Phi) is 8.51. The standard InChI is InChI=1S/C19H21F3N2O7/c1-11(24-15(25)9-29-14-6-7-23-8-14)17(27)12-2-4-13(5-3-12)30-10-16(26)31-18(28)19(20,21)22/h2-5,11,14,23H,6-10H2,1H3,(H,24,25)/t11-,14+/m0/s1. The molecule has 9 nitrogen and oxygen atoms in total. The molecule has 0 radical (unpaired) electrons. The van der Waals surface area contributed by atoms with E-state index in [2.05, 4.69) is 15.4 Å². The highest BCUT2D eigenvalue weighted by Crippen LogP contribution is 2.17. The first kappa shape index (κ1) is 24.3. The smallest absolute Gasteiger partial charge is 0.482 e. The topological polar surface area (TPSA) is 120 Å². The summed E-state index contributed by atoms with van der Waals surface area (Å²) in [5.74, 6) is -4.92. The molecule has 170 valence electrons. The number of esters is 2. The monoisotopic (exact) mass is 446 g/mol. The van der Waals surface area contributed by atoms with E-state index in [-0.39, 0.29) is 24.0 Å². The maximum Gasteiger partial charge on any atom is 0.491 e. The quantitative estimate of drug-likeness (QED) is 0.324. The minimum absolute atomic E-state index is 0.0341. The van der Waals surface area contributed by atoms with Crippen LogP contribution in [-0.2, 0) is 23.9 Å². The van der Waals surface area contributed by atoms with Crippen LogP contribution < -0.4 is 15.4 Å². The van der Waals surface area contributed by atoms with E-state index in [4.69, 9.17) is 9.47 Å². The van der Waals surface area contributed by atoms with E-state index in [1.807, 2.05) is 0 Å². The minimum atomic E-state index is -5.29. The second-order valence-electron chi connectivity index (χ2n) is 6.65. The lowest BCUT2D eigenvalue weighted by Crippen LogP contribution is -2.41. The Morgan fingerprint density at radius 2 is 1.84 bits per heavy atom. The number of hydrogen-bond donors (Lipinski definition) is 2. The zero-order chi connectivity index (χ0) is 23.0. The molecule has 12 heteroatoms. The van der Waals surface area contributed by atoms with E-state index >= 15 is 0 Å². The van der Waals surface area contributed by atoms with Gasteiger partial charge in [0, 0.05) is 12.1 Å². The number of nitrogens with one attached hydrogen (secondary N) is 2. The molecular formula is C19H21F3N2O7. The van der Waals surface area contributed by atoms with Gasteiger partial charge in [-0.3, -0.25) is 9.59 Å². The summed E-state index contributed by atoms with van der Waals surface area (Å²) in [6.45, 7) is 1.91. The largest absolute Gasteiger partial charge is 0.491 e. The number of benzene rings is 1. The highest BCUT2D eigenvalue weighted by molar-refractivity contribution is 6.01. The normalized spacial score (nSPS) is 17.0. The predicted molar refractivity (Wildman–Crippen MR) is 98.3 cm³/mol. The highest BCUT2D eigenvalue weighted by Gasteiger charge is 2.42. The molecule has 0 unspecified atom stereocenters. The van der Waals surface area contributed by atoms with Crippen molar-refractivity contribution in [3.05, 3.63) is 29.8 Å². The minimum Gasteiger partial charge on any atom is -0.482 e. The van der Waals surface area contributed by atoms with Crippen molar-refractivity contribution in [2.45, 2.75) is 31.7 Å². The summed E-state index contributed by atoms with van der Waals surface area (Å²) in [6.07, 6.45) is -4.51. The van der Waals surface area contributed by atoms with Crippen LogP contribution in [0.2, 0.25) is 0 Å².